The fourth-order valence-corrected chi connectivity index (χ4v) is 3.55. The van der Waals surface area contributed by atoms with E-state index in [0.29, 0.717) is 31.6 Å². The Bertz CT molecular complexity index is 792. The number of nitrogens with one attached hydrogen (secondary N) is 1. The zero-order valence-corrected chi connectivity index (χ0v) is 16.6. The third-order valence-electron chi connectivity index (χ3n) is 5.13. The molecule has 1 aromatic heterocycles. The van der Waals surface area contributed by atoms with Gasteiger partial charge in [-0.15, -0.1) is 0 Å². The summed E-state index contributed by atoms with van der Waals surface area (Å²) in [5.74, 6) is 0.867. The summed E-state index contributed by atoms with van der Waals surface area (Å²) in [7, 11) is 0. The Labute approximate surface area is 166 Å². The molecule has 1 N–H and O–H groups in total. The molecule has 1 fully saturated rings. The maximum Gasteiger partial charge on any atom is 0.252 e. The standard InChI is InChI=1S/C22H28N4O2/c1-3-19-16-25(20-11-10-18(14-24-20)22(28)23-4-2)13-12-21(27)26(19)15-17-8-6-5-7-9-17/h5-11,14,19H,3-4,12-13,15-16H2,1-2H3,(H,23,28)/t19-/m1/s1. The smallest absolute Gasteiger partial charge is 0.252 e. The van der Waals surface area contributed by atoms with Crippen LogP contribution < -0.4 is 10.2 Å². The lowest BCUT2D eigenvalue weighted by molar-refractivity contribution is -0.133. The predicted octanol–water partition coefficient (Wildman–Crippen LogP) is 2.85. The van der Waals surface area contributed by atoms with Gasteiger partial charge in [-0.3, -0.25) is 9.59 Å². The van der Waals surface area contributed by atoms with E-state index in [1.54, 1.807) is 12.3 Å². The number of carbonyl (C=O) groups excluding carboxylic acids is 2. The van der Waals surface area contributed by atoms with Crippen molar-refractivity contribution in [2.75, 3.05) is 24.5 Å². The highest BCUT2D eigenvalue weighted by Crippen LogP contribution is 2.21. The Morgan fingerprint density at radius 2 is 1.96 bits per heavy atom. The van der Waals surface area contributed by atoms with Gasteiger partial charge in [0, 0.05) is 44.8 Å². The molecule has 0 unspecified atom stereocenters. The molecule has 2 heterocycles. The summed E-state index contributed by atoms with van der Waals surface area (Å²) < 4.78 is 0. The molecule has 28 heavy (non-hydrogen) atoms. The molecule has 2 aromatic rings. The highest BCUT2D eigenvalue weighted by Gasteiger charge is 2.29. The topological polar surface area (TPSA) is 65.5 Å². The zero-order valence-electron chi connectivity index (χ0n) is 16.6. The van der Waals surface area contributed by atoms with Crippen LogP contribution in [0.2, 0.25) is 0 Å². The number of anilines is 1. The van der Waals surface area contributed by atoms with Crippen molar-refractivity contribution >= 4 is 17.6 Å². The maximum absolute atomic E-state index is 12.8. The number of pyridine rings is 1. The van der Waals surface area contributed by atoms with Crippen molar-refractivity contribution in [2.45, 2.75) is 39.3 Å². The van der Waals surface area contributed by atoms with E-state index in [-0.39, 0.29) is 17.9 Å². The first-order chi connectivity index (χ1) is 13.6. The fourth-order valence-electron chi connectivity index (χ4n) is 3.55. The molecule has 2 amide bonds. The summed E-state index contributed by atoms with van der Waals surface area (Å²) in [6.07, 6.45) is 2.95. The molecule has 6 heteroatoms. The Morgan fingerprint density at radius 3 is 2.61 bits per heavy atom. The third-order valence-corrected chi connectivity index (χ3v) is 5.13. The van der Waals surface area contributed by atoms with E-state index < -0.39 is 0 Å². The molecule has 1 aliphatic heterocycles. The van der Waals surface area contributed by atoms with Gasteiger partial charge < -0.3 is 15.1 Å². The van der Waals surface area contributed by atoms with E-state index in [9.17, 15) is 9.59 Å². The average molecular weight is 380 g/mol. The molecule has 0 spiro atoms. The first kappa shape index (κ1) is 19.9. The number of hydrogen-bond donors (Lipinski definition) is 1. The lowest BCUT2D eigenvalue weighted by atomic mass is 10.1. The van der Waals surface area contributed by atoms with Crippen LogP contribution in [0, 0.1) is 0 Å². The number of rotatable bonds is 6. The van der Waals surface area contributed by atoms with E-state index in [1.807, 2.05) is 36.1 Å². The third kappa shape index (κ3) is 4.68. The van der Waals surface area contributed by atoms with Crippen LogP contribution in [0.4, 0.5) is 5.82 Å². The zero-order chi connectivity index (χ0) is 19.9. The predicted molar refractivity (Wildman–Crippen MR) is 110 cm³/mol. The molecule has 3 rings (SSSR count). The minimum absolute atomic E-state index is 0.118. The van der Waals surface area contributed by atoms with E-state index >= 15 is 0 Å². The van der Waals surface area contributed by atoms with Crippen LogP contribution in [-0.4, -0.2) is 47.4 Å². The quantitative estimate of drug-likeness (QED) is 0.837. The Kier molecular flexibility index (Phi) is 6.63. The van der Waals surface area contributed by atoms with Gasteiger partial charge >= 0.3 is 0 Å². The highest BCUT2D eigenvalue weighted by atomic mass is 16.2. The second-order valence-corrected chi connectivity index (χ2v) is 7.03. The summed E-state index contributed by atoms with van der Waals surface area (Å²) in [4.78, 5) is 33.4. The van der Waals surface area contributed by atoms with Gasteiger partial charge in [-0.1, -0.05) is 37.3 Å². The first-order valence-electron chi connectivity index (χ1n) is 9.95. The lowest BCUT2D eigenvalue weighted by Crippen LogP contribution is -2.42. The van der Waals surface area contributed by atoms with Crippen LogP contribution in [0.5, 0.6) is 0 Å². The van der Waals surface area contributed by atoms with Crippen molar-refractivity contribution in [3.63, 3.8) is 0 Å². The normalized spacial score (nSPS) is 17.4. The van der Waals surface area contributed by atoms with Crippen LogP contribution in [-0.2, 0) is 11.3 Å². The fraction of sp³-hybridized carbons (Fsp3) is 0.409. The van der Waals surface area contributed by atoms with Gasteiger partial charge in [0.1, 0.15) is 5.82 Å². The van der Waals surface area contributed by atoms with E-state index in [4.69, 9.17) is 0 Å². The number of hydrogen-bond acceptors (Lipinski definition) is 4. The molecule has 148 valence electrons. The van der Waals surface area contributed by atoms with Gasteiger partial charge in [0.25, 0.3) is 5.91 Å². The van der Waals surface area contributed by atoms with Crippen LogP contribution in [0.25, 0.3) is 0 Å². The minimum atomic E-state index is -0.118. The molecule has 0 aliphatic carbocycles. The molecule has 0 radical (unpaired) electrons. The molecular weight excluding hydrogens is 352 g/mol. The van der Waals surface area contributed by atoms with E-state index in [2.05, 4.69) is 34.3 Å². The molecular formula is C22H28N4O2. The van der Waals surface area contributed by atoms with E-state index in [1.165, 1.54) is 0 Å². The van der Waals surface area contributed by atoms with Crippen molar-refractivity contribution in [1.82, 2.24) is 15.2 Å². The molecule has 0 bridgehead atoms. The van der Waals surface area contributed by atoms with Crippen molar-refractivity contribution < 1.29 is 9.59 Å². The summed E-state index contributed by atoms with van der Waals surface area (Å²) in [5.41, 5.74) is 1.70. The van der Waals surface area contributed by atoms with Crippen LogP contribution in [0.15, 0.2) is 48.7 Å². The van der Waals surface area contributed by atoms with Gasteiger partial charge in [0.2, 0.25) is 5.91 Å². The number of carbonyl (C=O) groups is 2. The van der Waals surface area contributed by atoms with E-state index in [0.717, 1.165) is 24.3 Å². The number of nitrogens with zero attached hydrogens (tertiary/aromatic N) is 3. The largest absolute Gasteiger partial charge is 0.354 e. The number of aromatic nitrogens is 1. The van der Waals surface area contributed by atoms with Crippen molar-refractivity contribution in [1.29, 1.82) is 0 Å². The molecule has 0 saturated carbocycles. The van der Waals surface area contributed by atoms with Crippen LogP contribution in [0.3, 0.4) is 0 Å². The SMILES string of the molecule is CCNC(=O)c1ccc(N2CCC(=O)N(Cc3ccccc3)[C@H](CC)C2)nc1. The molecule has 1 aliphatic rings. The second kappa shape index (κ2) is 9.35. The average Bonchev–Trinajstić information content (AvgIpc) is 2.88. The first-order valence-corrected chi connectivity index (χ1v) is 9.95. The van der Waals surface area contributed by atoms with Crippen molar-refractivity contribution in [3.8, 4) is 0 Å². The van der Waals surface area contributed by atoms with Crippen LogP contribution in [0.1, 0.15) is 42.6 Å². The summed E-state index contributed by atoms with van der Waals surface area (Å²) in [6, 6.07) is 13.9. The monoisotopic (exact) mass is 380 g/mol. The molecule has 6 nitrogen and oxygen atoms in total. The highest BCUT2D eigenvalue weighted by molar-refractivity contribution is 5.94. The number of amides is 2. The van der Waals surface area contributed by atoms with Gasteiger partial charge in [0.15, 0.2) is 0 Å². The molecule has 1 atom stereocenters. The Balaban J connectivity index is 1.74. The van der Waals surface area contributed by atoms with Crippen LogP contribution >= 0.6 is 0 Å². The Morgan fingerprint density at radius 1 is 1.18 bits per heavy atom. The van der Waals surface area contributed by atoms with Gasteiger partial charge in [-0.25, -0.2) is 4.98 Å². The minimum Gasteiger partial charge on any atom is -0.354 e. The Hall–Kier alpha value is -2.89. The van der Waals surface area contributed by atoms with Gasteiger partial charge in [-0.2, -0.15) is 0 Å². The maximum atomic E-state index is 12.8. The molecule has 1 aromatic carbocycles. The number of benzene rings is 1. The van der Waals surface area contributed by atoms with Gasteiger partial charge in [0.05, 0.1) is 5.56 Å². The molecule has 1 saturated heterocycles. The summed E-state index contributed by atoms with van der Waals surface area (Å²) >= 11 is 0. The lowest BCUT2D eigenvalue weighted by Gasteiger charge is -2.31. The van der Waals surface area contributed by atoms with Crippen molar-refractivity contribution in [2.24, 2.45) is 0 Å². The summed E-state index contributed by atoms with van der Waals surface area (Å²) in [5, 5.41) is 2.78. The van der Waals surface area contributed by atoms with Crippen molar-refractivity contribution in [3.05, 3.63) is 59.8 Å². The van der Waals surface area contributed by atoms with Gasteiger partial charge in [-0.05, 0) is 31.0 Å². The summed E-state index contributed by atoms with van der Waals surface area (Å²) in [6.45, 7) is 6.60. The second-order valence-electron chi connectivity index (χ2n) is 7.03.